The summed E-state index contributed by atoms with van der Waals surface area (Å²) in [5.74, 6) is -0.00411. The number of hydrogen-bond acceptors (Lipinski definition) is 4. The number of nitrogens with one attached hydrogen (secondary N) is 1. The Labute approximate surface area is 170 Å². The van der Waals surface area contributed by atoms with E-state index in [0.29, 0.717) is 17.1 Å². The van der Waals surface area contributed by atoms with Crippen LogP contribution in [0.25, 0.3) is 0 Å². The van der Waals surface area contributed by atoms with Gasteiger partial charge in [0.1, 0.15) is 23.4 Å². The van der Waals surface area contributed by atoms with Crippen LogP contribution in [-0.2, 0) is 16.1 Å². The summed E-state index contributed by atoms with van der Waals surface area (Å²) in [6.45, 7) is 4.97. The first-order valence-electron chi connectivity index (χ1n) is 9.42. The maximum Gasteiger partial charge on any atom is 0.261 e. The highest BCUT2D eigenvalue weighted by Gasteiger charge is 2.27. The van der Waals surface area contributed by atoms with Crippen LogP contribution in [0.2, 0.25) is 0 Å². The van der Waals surface area contributed by atoms with Crippen LogP contribution in [0.15, 0.2) is 48.5 Å². The normalized spacial score (nSPS) is 11.7. The second kappa shape index (κ2) is 10.5. The van der Waals surface area contributed by atoms with Crippen molar-refractivity contribution in [2.24, 2.45) is 0 Å². The van der Waals surface area contributed by atoms with Gasteiger partial charge in [0.2, 0.25) is 5.91 Å². The lowest BCUT2D eigenvalue weighted by atomic mass is 10.1. The number of benzene rings is 2. The fraction of sp³-hybridized carbons (Fsp3) is 0.364. The monoisotopic (exact) mass is 402 g/mol. The van der Waals surface area contributed by atoms with E-state index in [2.05, 4.69) is 5.32 Å². The molecule has 0 saturated carbocycles. The van der Waals surface area contributed by atoms with Crippen molar-refractivity contribution in [1.82, 2.24) is 10.2 Å². The van der Waals surface area contributed by atoms with Crippen molar-refractivity contribution >= 4 is 11.8 Å². The highest BCUT2D eigenvalue weighted by atomic mass is 19.1. The van der Waals surface area contributed by atoms with Gasteiger partial charge in [-0.05, 0) is 51.1 Å². The average molecular weight is 402 g/mol. The quantitative estimate of drug-likeness (QED) is 0.700. The molecule has 2 rings (SSSR count). The number of carbonyl (C=O) groups is 2. The van der Waals surface area contributed by atoms with Crippen LogP contribution in [0.4, 0.5) is 4.39 Å². The van der Waals surface area contributed by atoms with Crippen LogP contribution >= 0.6 is 0 Å². The van der Waals surface area contributed by atoms with Gasteiger partial charge in [-0.3, -0.25) is 9.59 Å². The molecule has 2 amide bonds. The number of ether oxygens (including phenoxy) is 2. The van der Waals surface area contributed by atoms with Crippen LogP contribution in [0, 0.1) is 5.82 Å². The molecule has 0 spiro atoms. The van der Waals surface area contributed by atoms with E-state index in [0.717, 1.165) is 0 Å². The molecule has 0 aliphatic carbocycles. The van der Waals surface area contributed by atoms with Gasteiger partial charge in [-0.15, -0.1) is 0 Å². The van der Waals surface area contributed by atoms with Crippen LogP contribution in [0.3, 0.4) is 0 Å². The molecule has 156 valence electrons. The van der Waals surface area contributed by atoms with E-state index in [4.69, 9.17) is 9.47 Å². The number of hydrogen-bond donors (Lipinski definition) is 1. The van der Waals surface area contributed by atoms with Crippen molar-refractivity contribution in [2.45, 2.75) is 39.4 Å². The number of methoxy groups -OCH3 is 1. The van der Waals surface area contributed by atoms with Gasteiger partial charge in [-0.1, -0.05) is 18.2 Å². The number of amides is 2. The molecule has 1 atom stereocenters. The Morgan fingerprint density at radius 2 is 1.66 bits per heavy atom. The topological polar surface area (TPSA) is 67.9 Å². The first-order valence-corrected chi connectivity index (χ1v) is 9.42. The third-order valence-corrected chi connectivity index (χ3v) is 4.32. The molecule has 0 aliphatic rings. The van der Waals surface area contributed by atoms with Gasteiger partial charge >= 0.3 is 0 Å². The van der Waals surface area contributed by atoms with Crippen molar-refractivity contribution in [3.8, 4) is 11.5 Å². The lowest BCUT2D eigenvalue weighted by Gasteiger charge is -2.29. The highest BCUT2D eigenvalue weighted by Crippen LogP contribution is 2.18. The van der Waals surface area contributed by atoms with E-state index in [9.17, 15) is 14.0 Å². The lowest BCUT2D eigenvalue weighted by Crippen LogP contribution is -2.50. The molecule has 0 heterocycles. The molecule has 0 bridgehead atoms. The maximum atomic E-state index is 14.1. The zero-order valence-corrected chi connectivity index (χ0v) is 17.1. The maximum absolute atomic E-state index is 14.1. The molecule has 0 saturated heterocycles. The van der Waals surface area contributed by atoms with Crippen molar-refractivity contribution in [3.05, 3.63) is 59.9 Å². The van der Waals surface area contributed by atoms with E-state index in [-0.39, 0.29) is 25.1 Å². The average Bonchev–Trinajstić information content (AvgIpc) is 2.70. The zero-order valence-electron chi connectivity index (χ0n) is 17.1. The third-order valence-electron chi connectivity index (χ3n) is 4.32. The van der Waals surface area contributed by atoms with Gasteiger partial charge in [0, 0.05) is 18.2 Å². The SMILES string of the molecule is COc1ccc(OCC(=O)N(Cc2ccccc2F)[C@H](C)C(=O)NC(C)C)cc1. The summed E-state index contributed by atoms with van der Waals surface area (Å²) in [5.41, 5.74) is 0.328. The second-order valence-electron chi connectivity index (χ2n) is 6.92. The van der Waals surface area contributed by atoms with Gasteiger partial charge < -0.3 is 19.7 Å². The summed E-state index contributed by atoms with van der Waals surface area (Å²) < 4.78 is 24.8. The van der Waals surface area contributed by atoms with E-state index in [1.54, 1.807) is 56.5 Å². The van der Waals surface area contributed by atoms with Gasteiger partial charge in [-0.25, -0.2) is 4.39 Å². The van der Waals surface area contributed by atoms with Gasteiger partial charge in [0.15, 0.2) is 6.61 Å². The number of rotatable bonds is 9. The van der Waals surface area contributed by atoms with Crippen molar-refractivity contribution < 1.29 is 23.5 Å². The van der Waals surface area contributed by atoms with E-state index < -0.39 is 17.8 Å². The van der Waals surface area contributed by atoms with Crippen molar-refractivity contribution in [3.63, 3.8) is 0 Å². The fourth-order valence-corrected chi connectivity index (χ4v) is 2.70. The minimum atomic E-state index is -0.788. The Bertz CT molecular complexity index is 824. The Hall–Kier alpha value is -3.09. The first-order chi connectivity index (χ1) is 13.8. The second-order valence-corrected chi connectivity index (χ2v) is 6.92. The highest BCUT2D eigenvalue weighted by molar-refractivity contribution is 5.88. The summed E-state index contributed by atoms with van der Waals surface area (Å²) in [6, 6.07) is 12.1. The Morgan fingerprint density at radius 3 is 2.24 bits per heavy atom. The summed E-state index contributed by atoms with van der Waals surface area (Å²) >= 11 is 0. The fourth-order valence-electron chi connectivity index (χ4n) is 2.70. The smallest absolute Gasteiger partial charge is 0.261 e. The van der Waals surface area contributed by atoms with Crippen LogP contribution in [-0.4, -0.2) is 42.5 Å². The van der Waals surface area contributed by atoms with E-state index >= 15 is 0 Å². The molecule has 0 unspecified atom stereocenters. The van der Waals surface area contributed by atoms with Gasteiger partial charge in [0.25, 0.3) is 5.91 Å². The summed E-state index contributed by atoms with van der Waals surface area (Å²) in [6.07, 6.45) is 0. The number of carbonyl (C=O) groups excluding carboxylic acids is 2. The molecule has 1 N–H and O–H groups in total. The Kier molecular flexibility index (Phi) is 8.00. The molecule has 6 nitrogen and oxygen atoms in total. The van der Waals surface area contributed by atoms with Gasteiger partial charge in [0.05, 0.1) is 7.11 Å². The van der Waals surface area contributed by atoms with E-state index in [1.165, 1.54) is 11.0 Å². The number of nitrogens with zero attached hydrogens (tertiary/aromatic N) is 1. The molecule has 0 aliphatic heterocycles. The molecule has 2 aromatic carbocycles. The standard InChI is InChI=1S/C22H27FN2O4/c1-15(2)24-22(27)16(3)25(13-17-7-5-6-8-20(17)23)21(26)14-29-19-11-9-18(28-4)10-12-19/h5-12,15-16H,13-14H2,1-4H3,(H,24,27)/t16-/m1/s1. The van der Waals surface area contributed by atoms with Crippen LogP contribution < -0.4 is 14.8 Å². The minimum Gasteiger partial charge on any atom is -0.497 e. The predicted molar refractivity (Wildman–Crippen MR) is 108 cm³/mol. The summed E-state index contributed by atoms with van der Waals surface area (Å²) in [5, 5.41) is 2.78. The molecule has 7 heteroatoms. The Balaban J connectivity index is 2.14. The molecule has 0 fully saturated rings. The zero-order chi connectivity index (χ0) is 21.4. The number of halogens is 1. The van der Waals surface area contributed by atoms with Crippen LogP contribution in [0.1, 0.15) is 26.3 Å². The summed E-state index contributed by atoms with van der Waals surface area (Å²) in [7, 11) is 1.56. The molecular formula is C22H27FN2O4. The largest absolute Gasteiger partial charge is 0.497 e. The van der Waals surface area contributed by atoms with E-state index in [1.807, 2.05) is 13.8 Å². The molecule has 0 radical (unpaired) electrons. The predicted octanol–water partition coefficient (Wildman–Crippen LogP) is 3.16. The van der Waals surface area contributed by atoms with Crippen molar-refractivity contribution in [1.29, 1.82) is 0 Å². The molecule has 29 heavy (non-hydrogen) atoms. The Morgan fingerprint density at radius 1 is 1.03 bits per heavy atom. The van der Waals surface area contributed by atoms with Gasteiger partial charge in [-0.2, -0.15) is 0 Å². The molecular weight excluding hydrogens is 375 g/mol. The third kappa shape index (κ3) is 6.48. The van der Waals surface area contributed by atoms with Crippen molar-refractivity contribution in [2.75, 3.05) is 13.7 Å². The minimum absolute atomic E-state index is 0.0375. The molecule has 0 aromatic heterocycles. The lowest BCUT2D eigenvalue weighted by molar-refractivity contribution is -0.142. The first kappa shape index (κ1) is 22.2. The van der Waals surface area contributed by atoms with Crippen LogP contribution in [0.5, 0.6) is 11.5 Å². The molecule has 2 aromatic rings. The summed E-state index contributed by atoms with van der Waals surface area (Å²) in [4.78, 5) is 26.6.